The molecule has 1 fully saturated rings. The van der Waals surface area contributed by atoms with E-state index in [0.29, 0.717) is 24.4 Å². The highest BCUT2D eigenvalue weighted by atomic mass is 16.5. The number of hydrogen-bond acceptors (Lipinski definition) is 3. The molecule has 5 heteroatoms. The molecule has 1 aliphatic carbocycles. The maximum atomic E-state index is 13.2. The van der Waals surface area contributed by atoms with E-state index in [4.69, 9.17) is 4.74 Å². The number of hydrogen-bond donors (Lipinski definition) is 1. The number of rotatable bonds is 6. The third-order valence-corrected chi connectivity index (χ3v) is 6.61. The Kier molecular flexibility index (Phi) is 6.59. The van der Waals surface area contributed by atoms with E-state index in [1.807, 2.05) is 17.0 Å². The van der Waals surface area contributed by atoms with Gasteiger partial charge < -0.3 is 15.0 Å². The highest BCUT2D eigenvalue weighted by Gasteiger charge is 2.31. The van der Waals surface area contributed by atoms with Gasteiger partial charge in [0.1, 0.15) is 5.75 Å². The Bertz CT molecular complexity index is 932. The zero-order chi connectivity index (χ0) is 21.8. The molecule has 0 spiro atoms. The Morgan fingerprint density at radius 1 is 1.06 bits per heavy atom. The average Bonchev–Trinajstić information content (AvgIpc) is 3.13. The van der Waals surface area contributed by atoms with Gasteiger partial charge in [-0.2, -0.15) is 0 Å². The molecular weight excluding hydrogens is 388 g/mol. The summed E-state index contributed by atoms with van der Waals surface area (Å²) >= 11 is 0. The Morgan fingerprint density at radius 2 is 1.81 bits per heavy atom. The maximum absolute atomic E-state index is 13.2. The van der Waals surface area contributed by atoms with Crippen molar-refractivity contribution in [3.63, 3.8) is 0 Å². The lowest BCUT2D eigenvalue weighted by molar-refractivity contribution is -0.122. The summed E-state index contributed by atoms with van der Waals surface area (Å²) in [4.78, 5) is 27.5. The Morgan fingerprint density at radius 3 is 2.52 bits per heavy atom. The van der Waals surface area contributed by atoms with Gasteiger partial charge in [-0.1, -0.05) is 31.4 Å². The number of carbonyl (C=O) groups is 2. The van der Waals surface area contributed by atoms with Crippen LogP contribution in [0.25, 0.3) is 0 Å². The maximum Gasteiger partial charge on any atom is 0.258 e. The van der Waals surface area contributed by atoms with E-state index in [1.54, 1.807) is 19.2 Å². The number of anilines is 1. The topological polar surface area (TPSA) is 58.6 Å². The van der Waals surface area contributed by atoms with Gasteiger partial charge in [0.15, 0.2) is 0 Å². The number of nitrogens with one attached hydrogen (secondary N) is 1. The van der Waals surface area contributed by atoms with E-state index >= 15 is 0 Å². The Labute approximate surface area is 184 Å². The van der Waals surface area contributed by atoms with Crippen LogP contribution < -0.4 is 15.0 Å². The van der Waals surface area contributed by atoms with Crippen LogP contribution in [0.4, 0.5) is 5.69 Å². The minimum absolute atomic E-state index is 0.00705. The molecule has 2 amide bonds. The van der Waals surface area contributed by atoms with Crippen LogP contribution in [-0.2, 0) is 17.8 Å². The molecule has 2 aromatic carbocycles. The van der Waals surface area contributed by atoms with Crippen molar-refractivity contribution >= 4 is 17.5 Å². The Balaban J connectivity index is 1.43. The molecule has 1 unspecified atom stereocenters. The minimum Gasteiger partial charge on any atom is -0.497 e. The second-order valence-electron chi connectivity index (χ2n) is 8.90. The van der Waals surface area contributed by atoms with Crippen LogP contribution in [0, 0.1) is 5.92 Å². The van der Waals surface area contributed by atoms with E-state index < -0.39 is 0 Å². The number of carbonyl (C=O) groups excluding carboxylic acids is 2. The average molecular weight is 421 g/mol. The van der Waals surface area contributed by atoms with Crippen molar-refractivity contribution < 1.29 is 14.3 Å². The molecule has 1 heterocycles. The summed E-state index contributed by atoms with van der Waals surface area (Å²) in [6, 6.07) is 13.5. The molecule has 0 bridgehead atoms. The summed E-state index contributed by atoms with van der Waals surface area (Å²) in [6.07, 6.45) is 7.62. The number of nitrogens with zero attached hydrogens (tertiary/aromatic N) is 1. The van der Waals surface area contributed by atoms with Crippen molar-refractivity contribution in [3.05, 3.63) is 59.2 Å². The summed E-state index contributed by atoms with van der Waals surface area (Å²) in [7, 11) is 1.62. The second kappa shape index (κ2) is 9.54. The van der Waals surface area contributed by atoms with Gasteiger partial charge in [-0.25, -0.2) is 0 Å². The van der Waals surface area contributed by atoms with Crippen molar-refractivity contribution in [2.24, 2.45) is 5.92 Å². The van der Waals surface area contributed by atoms with Crippen LogP contribution in [-0.4, -0.2) is 25.0 Å². The largest absolute Gasteiger partial charge is 0.497 e. The highest BCUT2D eigenvalue weighted by Crippen LogP contribution is 2.34. The van der Waals surface area contributed by atoms with Gasteiger partial charge in [0.2, 0.25) is 5.91 Å². The number of methoxy groups -OCH3 is 1. The van der Waals surface area contributed by atoms with E-state index in [0.717, 1.165) is 23.4 Å². The van der Waals surface area contributed by atoms with Gasteiger partial charge in [0.25, 0.3) is 5.91 Å². The lowest BCUT2D eigenvalue weighted by Crippen LogP contribution is -2.35. The molecule has 1 N–H and O–H groups in total. The summed E-state index contributed by atoms with van der Waals surface area (Å²) in [5.41, 5.74) is 3.79. The predicted molar refractivity (Wildman–Crippen MR) is 122 cm³/mol. The van der Waals surface area contributed by atoms with Gasteiger partial charge >= 0.3 is 0 Å². The fourth-order valence-electron chi connectivity index (χ4n) is 4.87. The highest BCUT2D eigenvalue weighted by molar-refractivity contribution is 6.07. The third kappa shape index (κ3) is 4.92. The lowest BCUT2D eigenvalue weighted by Gasteiger charge is -2.23. The van der Waals surface area contributed by atoms with E-state index in [2.05, 4.69) is 30.4 Å². The SMILES string of the molecule is COc1ccc(C(=O)N2c3cc(CNC(=O)CC4CCCCC4)ccc3CC2C)cc1. The molecule has 0 radical (unpaired) electrons. The molecule has 1 atom stereocenters. The van der Waals surface area contributed by atoms with Crippen LogP contribution in [0.1, 0.15) is 66.9 Å². The zero-order valence-corrected chi connectivity index (χ0v) is 18.5. The molecule has 5 nitrogen and oxygen atoms in total. The predicted octanol–water partition coefficient (Wildman–Crippen LogP) is 4.87. The third-order valence-electron chi connectivity index (χ3n) is 6.61. The van der Waals surface area contributed by atoms with Crippen molar-refractivity contribution in [3.8, 4) is 5.75 Å². The van der Waals surface area contributed by atoms with Crippen LogP contribution in [0.5, 0.6) is 5.75 Å². The molecule has 1 saturated carbocycles. The summed E-state index contributed by atoms with van der Waals surface area (Å²) < 4.78 is 5.20. The van der Waals surface area contributed by atoms with Gasteiger partial charge in [0, 0.05) is 30.3 Å². The van der Waals surface area contributed by atoms with Gasteiger partial charge in [0.05, 0.1) is 7.11 Å². The van der Waals surface area contributed by atoms with Crippen molar-refractivity contribution in [1.29, 1.82) is 0 Å². The first-order valence-corrected chi connectivity index (χ1v) is 11.4. The standard InChI is InChI=1S/C26H32N2O3/c1-18-14-22-9-8-20(17-27-25(29)16-19-6-4-3-5-7-19)15-24(22)28(18)26(30)21-10-12-23(31-2)13-11-21/h8-13,15,18-19H,3-7,14,16-17H2,1-2H3,(H,27,29). The van der Waals surface area contributed by atoms with Crippen LogP contribution in [0.15, 0.2) is 42.5 Å². The first-order chi connectivity index (χ1) is 15.0. The molecule has 2 aromatic rings. The van der Waals surface area contributed by atoms with E-state index in [-0.39, 0.29) is 17.9 Å². The van der Waals surface area contributed by atoms with Gasteiger partial charge in [-0.3, -0.25) is 9.59 Å². The second-order valence-corrected chi connectivity index (χ2v) is 8.90. The molecule has 4 rings (SSSR count). The number of ether oxygens (including phenoxy) is 1. The molecule has 0 aromatic heterocycles. The monoisotopic (exact) mass is 420 g/mol. The summed E-state index contributed by atoms with van der Waals surface area (Å²) in [5, 5.41) is 3.08. The smallest absolute Gasteiger partial charge is 0.258 e. The van der Waals surface area contributed by atoms with Gasteiger partial charge in [-0.15, -0.1) is 0 Å². The first kappa shape index (κ1) is 21.4. The Hall–Kier alpha value is -2.82. The fraction of sp³-hybridized carbons (Fsp3) is 0.462. The van der Waals surface area contributed by atoms with E-state index in [1.165, 1.54) is 37.7 Å². The quantitative estimate of drug-likeness (QED) is 0.725. The van der Waals surface area contributed by atoms with Crippen molar-refractivity contribution in [1.82, 2.24) is 5.32 Å². The normalized spacial score (nSPS) is 18.5. The molecule has 1 aliphatic heterocycles. The van der Waals surface area contributed by atoms with Crippen LogP contribution >= 0.6 is 0 Å². The number of benzene rings is 2. The molecule has 164 valence electrons. The zero-order valence-electron chi connectivity index (χ0n) is 18.5. The molecular formula is C26H32N2O3. The van der Waals surface area contributed by atoms with Crippen molar-refractivity contribution in [2.75, 3.05) is 12.0 Å². The van der Waals surface area contributed by atoms with Crippen LogP contribution in [0.3, 0.4) is 0 Å². The minimum atomic E-state index is -0.00705. The molecule has 31 heavy (non-hydrogen) atoms. The van der Waals surface area contributed by atoms with Crippen LogP contribution in [0.2, 0.25) is 0 Å². The molecule has 0 saturated heterocycles. The molecule has 2 aliphatic rings. The summed E-state index contributed by atoms with van der Waals surface area (Å²) in [6.45, 7) is 2.57. The van der Waals surface area contributed by atoms with Crippen molar-refractivity contribution in [2.45, 2.75) is 64.5 Å². The number of fused-ring (bicyclic) bond motifs is 1. The van der Waals surface area contributed by atoms with E-state index in [9.17, 15) is 9.59 Å². The first-order valence-electron chi connectivity index (χ1n) is 11.4. The lowest BCUT2D eigenvalue weighted by atomic mass is 9.87. The fourth-order valence-corrected chi connectivity index (χ4v) is 4.87. The number of amides is 2. The summed E-state index contributed by atoms with van der Waals surface area (Å²) in [5.74, 6) is 1.39. The van der Waals surface area contributed by atoms with Gasteiger partial charge in [-0.05, 0) is 73.6 Å².